The number of hydrogen-bond donors (Lipinski definition) is 1. The van der Waals surface area contributed by atoms with E-state index in [9.17, 15) is 0 Å². The number of rotatable bonds is 9. The molecule has 1 heterocycles. The third-order valence-corrected chi connectivity index (χ3v) is 3.60. The molecule has 1 N–H and O–H groups in total. The molecule has 0 saturated carbocycles. The van der Waals surface area contributed by atoms with Gasteiger partial charge in [-0.3, -0.25) is 0 Å². The van der Waals surface area contributed by atoms with Gasteiger partial charge in [-0.1, -0.05) is 19.8 Å². The fourth-order valence-corrected chi connectivity index (χ4v) is 2.29. The highest BCUT2D eigenvalue weighted by Crippen LogP contribution is 2.24. The molecule has 3 heteroatoms. The third-order valence-electron chi connectivity index (χ3n) is 2.90. The topological polar surface area (TPSA) is 21.3 Å². The SMILES string of the molecule is CSCCCCCCNCC1(C)COC1. The second-order valence-electron chi connectivity index (χ2n) is 4.89. The van der Waals surface area contributed by atoms with Crippen LogP contribution in [0.3, 0.4) is 0 Å². The first kappa shape index (κ1) is 13.3. The summed E-state index contributed by atoms with van der Waals surface area (Å²) in [6.45, 7) is 6.47. The van der Waals surface area contributed by atoms with Crippen LogP contribution in [0.4, 0.5) is 0 Å². The second-order valence-corrected chi connectivity index (χ2v) is 5.87. The highest BCUT2D eigenvalue weighted by atomic mass is 32.2. The van der Waals surface area contributed by atoms with Gasteiger partial charge in [0.05, 0.1) is 13.2 Å². The molecule has 0 aromatic carbocycles. The average molecular weight is 231 g/mol. The number of thioether (sulfide) groups is 1. The van der Waals surface area contributed by atoms with Gasteiger partial charge in [0.25, 0.3) is 0 Å². The van der Waals surface area contributed by atoms with E-state index in [1.54, 1.807) is 0 Å². The number of unbranched alkanes of at least 4 members (excludes halogenated alkanes) is 3. The van der Waals surface area contributed by atoms with E-state index in [-0.39, 0.29) is 0 Å². The molecular formula is C12H25NOS. The van der Waals surface area contributed by atoms with Crippen LogP contribution in [0.1, 0.15) is 32.6 Å². The van der Waals surface area contributed by atoms with Crippen molar-refractivity contribution in [3.05, 3.63) is 0 Å². The van der Waals surface area contributed by atoms with Gasteiger partial charge >= 0.3 is 0 Å². The van der Waals surface area contributed by atoms with Crippen LogP contribution in [0.25, 0.3) is 0 Å². The van der Waals surface area contributed by atoms with E-state index in [4.69, 9.17) is 4.74 Å². The van der Waals surface area contributed by atoms with Gasteiger partial charge in [-0.15, -0.1) is 0 Å². The smallest absolute Gasteiger partial charge is 0.0554 e. The molecule has 0 aliphatic carbocycles. The molecule has 1 aliphatic heterocycles. The fourth-order valence-electron chi connectivity index (χ4n) is 1.79. The highest BCUT2D eigenvalue weighted by molar-refractivity contribution is 7.98. The number of nitrogens with one attached hydrogen (secondary N) is 1. The molecule has 0 spiro atoms. The summed E-state index contributed by atoms with van der Waals surface area (Å²) in [5, 5.41) is 3.53. The van der Waals surface area contributed by atoms with E-state index < -0.39 is 0 Å². The largest absolute Gasteiger partial charge is 0.380 e. The van der Waals surface area contributed by atoms with Gasteiger partial charge in [-0.05, 0) is 31.4 Å². The summed E-state index contributed by atoms with van der Waals surface area (Å²) < 4.78 is 5.22. The second kappa shape index (κ2) is 7.53. The molecule has 1 rings (SSSR count). The zero-order chi connectivity index (χ0) is 11.0. The van der Waals surface area contributed by atoms with Crippen LogP contribution in [-0.4, -0.2) is 38.3 Å². The molecule has 0 unspecified atom stereocenters. The van der Waals surface area contributed by atoms with Gasteiger partial charge in [-0.2, -0.15) is 11.8 Å². The molecule has 1 fully saturated rings. The average Bonchev–Trinajstić information content (AvgIpc) is 2.19. The molecule has 0 bridgehead atoms. The Labute approximate surface area is 98.5 Å². The Morgan fingerprint density at radius 3 is 2.53 bits per heavy atom. The Hall–Kier alpha value is 0.270. The lowest BCUT2D eigenvalue weighted by Gasteiger charge is -2.38. The summed E-state index contributed by atoms with van der Waals surface area (Å²) in [6, 6.07) is 0. The lowest BCUT2D eigenvalue weighted by molar-refractivity contribution is -0.0989. The molecular weight excluding hydrogens is 206 g/mol. The fraction of sp³-hybridized carbons (Fsp3) is 1.00. The van der Waals surface area contributed by atoms with Crippen LogP contribution >= 0.6 is 11.8 Å². The molecule has 90 valence electrons. The quantitative estimate of drug-likeness (QED) is 0.616. The minimum atomic E-state index is 0.429. The number of hydrogen-bond acceptors (Lipinski definition) is 3. The van der Waals surface area contributed by atoms with Crippen molar-refractivity contribution in [1.29, 1.82) is 0 Å². The van der Waals surface area contributed by atoms with Crippen molar-refractivity contribution < 1.29 is 4.74 Å². The maximum Gasteiger partial charge on any atom is 0.0554 e. The van der Waals surface area contributed by atoms with E-state index >= 15 is 0 Å². The van der Waals surface area contributed by atoms with Crippen molar-refractivity contribution in [3.63, 3.8) is 0 Å². The van der Waals surface area contributed by atoms with E-state index in [0.717, 1.165) is 19.8 Å². The molecule has 0 radical (unpaired) electrons. The van der Waals surface area contributed by atoms with Crippen molar-refractivity contribution in [2.75, 3.05) is 38.3 Å². The summed E-state index contributed by atoms with van der Waals surface area (Å²) in [5.41, 5.74) is 0.429. The molecule has 0 atom stereocenters. The Morgan fingerprint density at radius 1 is 1.20 bits per heavy atom. The lowest BCUT2D eigenvalue weighted by Crippen LogP contribution is -2.47. The van der Waals surface area contributed by atoms with E-state index in [0.29, 0.717) is 5.41 Å². The Balaban J connectivity index is 1.77. The normalized spacial score (nSPS) is 18.8. The summed E-state index contributed by atoms with van der Waals surface area (Å²) >= 11 is 1.95. The van der Waals surface area contributed by atoms with E-state index in [2.05, 4.69) is 18.5 Å². The Bertz CT molecular complexity index is 160. The first-order chi connectivity index (χ1) is 7.27. The maximum atomic E-state index is 5.22. The standard InChI is InChI=1S/C12H25NOS/c1-12(10-14-11-12)9-13-7-5-3-4-6-8-15-2/h13H,3-11H2,1-2H3. The predicted octanol–water partition coefficient (Wildman–Crippen LogP) is 2.54. The Kier molecular flexibility index (Phi) is 6.69. The van der Waals surface area contributed by atoms with Crippen LogP contribution in [0.5, 0.6) is 0 Å². The van der Waals surface area contributed by atoms with E-state index in [1.165, 1.54) is 38.0 Å². The van der Waals surface area contributed by atoms with E-state index in [1.807, 2.05) is 11.8 Å². The van der Waals surface area contributed by atoms with Crippen molar-refractivity contribution >= 4 is 11.8 Å². The van der Waals surface area contributed by atoms with Gasteiger partial charge < -0.3 is 10.1 Å². The van der Waals surface area contributed by atoms with Crippen LogP contribution in [0, 0.1) is 5.41 Å². The van der Waals surface area contributed by atoms with Crippen molar-refractivity contribution in [2.24, 2.45) is 5.41 Å². The monoisotopic (exact) mass is 231 g/mol. The van der Waals surface area contributed by atoms with Crippen molar-refractivity contribution in [2.45, 2.75) is 32.6 Å². The highest BCUT2D eigenvalue weighted by Gasteiger charge is 2.32. The van der Waals surface area contributed by atoms with Gasteiger partial charge in [-0.25, -0.2) is 0 Å². The first-order valence-corrected chi connectivity index (χ1v) is 7.44. The molecule has 0 aromatic heterocycles. The minimum absolute atomic E-state index is 0.429. The zero-order valence-corrected chi connectivity index (χ0v) is 11.0. The summed E-state index contributed by atoms with van der Waals surface area (Å²) in [6.07, 6.45) is 7.66. The Morgan fingerprint density at radius 2 is 1.93 bits per heavy atom. The maximum absolute atomic E-state index is 5.22. The minimum Gasteiger partial charge on any atom is -0.380 e. The van der Waals surface area contributed by atoms with Crippen LogP contribution in [0.15, 0.2) is 0 Å². The van der Waals surface area contributed by atoms with Crippen LogP contribution < -0.4 is 5.32 Å². The van der Waals surface area contributed by atoms with Gasteiger partial charge in [0.2, 0.25) is 0 Å². The molecule has 0 amide bonds. The predicted molar refractivity (Wildman–Crippen MR) is 68.6 cm³/mol. The van der Waals surface area contributed by atoms with Crippen LogP contribution in [-0.2, 0) is 4.74 Å². The molecule has 1 saturated heterocycles. The molecule has 2 nitrogen and oxygen atoms in total. The van der Waals surface area contributed by atoms with Gasteiger partial charge in [0.15, 0.2) is 0 Å². The summed E-state index contributed by atoms with van der Waals surface area (Å²) in [4.78, 5) is 0. The first-order valence-electron chi connectivity index (χ1n) is 6.04. The molecule has 0 aromatic rings. The summed E-state index contributed by atoms with van der Waals surface area (Å²) in [5.74, 6) is 1.32. The van der Waals surface area contributed by atoms with Crippen molar-refractivity contribution in [3.8, 4) is 0 Å². The molecule has 1 aliphatic rings. The molecule has 15 heavy (non-hydrogen) atoms. The summed E-state index contributed by atoms with van der Waals surface area (Å²) in [7, 11) is 0. The zero-order valence-electron chi connectivity index (χ0n) is 10.2. The third kappa shape index (κ3) is 5.79. The van der Waals surface area contributed by atoms with Gasteiger partial charge in [0, 0.05) is 12.0 Å². The van der Waals surface area contributed by atoms with Gasteiger partial charge in [0.1, 0.15) is 0 Å². The van der Waals surface area contributed by atoms with Crippen LogP contribution in [0.2, 0.25) is 0 Å². The lowest BCUT2D eigenvalue weighted by atomic mass is 9.89. The van der Waals surface area contributed by atoms with Crippen molar-refractivity contribution in [1.82, 2.24) is 5.32 Å². The number of ether oxygens (including phenoxy) is 1.